The van der Waals surface area contributed by atoms with E-state index in [4.69, 9.17) is 0 Å². The van der Waals surface area contributed by atoms with Gasteiger partial charge < -0.3 is 10.2 Å². The van der Waals surface area contributed by atoms with Crippen LogP contribution >= 0.6 is 0 Å². The Bertz CT molecular complexity index is 199. The highest BCUT2D eigenvalue weighted by molar-refractivity contribution is 4.77. The fourth-order valence-corrected chi connectivity index (χ4v) is 3.09. The fourth-order valence-electron chi connectivity index (χ4n) is 3.09. The fraction of sp³-hybridized carbons (Fsp3) is 1.00. The molecule has 0 amide bonds. The summed E-state index contributed by atoms with van der Waals surface area (Å²) in [6.07, 6.45) is 5.65. The second-order valence-electron chi connectivity index (χ2n) is 6.03. The number of rotatable bonds is 3. The Hall–Kier alpha value is -0.0800. The van der Waals surface area contributed by atoms with Crippen molar-refractivity contribution in [1.82, 2.24) is 10.2 Å². The normalized spacial score (nSPS) is 34.1. The van der Waals surface area contributed by atoms with Crippen LogP contribution in [-0.2, 0) is 0 Å². The summed E-state index contributed by atoms with van der Waals surface area (Å²) in [7, 11) is 0. The molecule has 2 fully saturated rings. The van der Waals surface area contributed by atoms with Crippen molar-refractivity contribution in [2.24, 2.45) is 17.8 Å². The van der Waals surface area contributed by atoms with Gasteiger partial charge in [0.15, 0.2) is 0 Å². The summed E-state index contributed by atoms with van der Waals surface area (Å²) in [4.78, 5) is 2.70. The van der Waals surface area contributed by atoms with Gasteiger partial charge >= 0.3 is 0 Å². The lowest BCUT2D eigenvalue weighted by Crippen LogP contribution is -2.40. The van der Waals surface area contributed by atoms with Gasteiger partial charge in [0.1, 0.15) is 0 Å². The van der Waals surface area contributed by atoms with Crippen molar-refractivity contribution in [1.29, 1.82) is 0 Å². The third kappa shape index (κ3) is 3.46. The molecule has 0 saturated carbocycles. The summed E-state index contributed by atoms with van der Waals surface area (Å²) in [6, 6.07) is 0. The van der Waals surface area contributed by atoms with Crippen LogP contribution in [0.2, 0.25) is 0 Å². The van der Waals surface area contributed by atoms with Crippen LogP contribution in [0.25, 0.3) is 0 Å². The second-order valence-corrected chi connectivity index (χ2v) is 6.03. The summed E-state index contributed by atoms with van der Waals surface area (Å²) < 4.78 is 0. The topological polar surface area (TPSA) is 15.3 Å². The van der Waals surface area contributed by atoms with Crippen molar-refractivity contribution in [2.45, 2.75) is 39.5 Å². The molecule has 16 heavy (non-hydrogen) atoms. The van der Waals surface area contributed by atoms with E-state index in [0.717, 1.165) is 17.8 Å². The Balaban J connectivity index is 1.65. The quantitative estimate of drug-likeness (QED) is 0.791. The zero-order valence-electron chi connectivity index (χ0n) is 11.0. The smallest absolute Gasteiger partial charge is 0.000957 e. The third-order valence-corrected chi connectivity index (χ3v) is 4.73. The molecule has 2 saturated heterocycles. The van der Waals surface area contributed by atoms with E-state index in [0.29, 0.717) is 0 Å². The van der Waals surface area contributed by atoms with Crippen molar-refractivity contribution in [3.05, 3.63) is 0 Å². The summed E-state index contributed by atoms with van der Waals surface area (Å²) in [5, 5.41) is 3.45. The van der Waals surface area contributed by atoms with Crippen LogP contribution in [0.5, 0.6) is 0 Å². The molecule has 0 bridgehead atoms. The number of nitrogens with one attached hydrogen (secondary N) is 1. The van der Waals surface area contributed by atoms with Gasteiger partial charge in [-0.2, -0.15) is 0 Å². The minimum Gasteiger partial charge on any atom is -0.317 e. The van der Waals surface area contributed by atoms with Crippen molar-refractivity contribution in [3.63, 3.8) is 0 Å². The van der Waals surface area contributed by atoms with Crippen LogP contribution in [0.3, 0.4) is 0 Å². The summed E-state index contributed by atoms with van der Waals surface area (Å²) in [5.41, 5.74) is 0. The first-order valence-corrected chi connectivity index (χ1v) is 7.19. The van der Waals surface area contributed by atoms with Crippen LogP contribution in [0.4, 0.5) is 0 Å². The van der Waals surface area contributed by atoms with Crippen LogP contribution in [0, 0.1) is 17.8 Å². The second kappa shape index (κ2) is 6.02. The van der Waals surface area contributed by atoms with E-state index >= 15 is 0 Å². The van der Waals surface area contributed by atoms with Crippen LogP contribution < -0.4 is 5.32 Å². The number of nitrogens with zero attached hydrogens (tertiary/aromatic N) is 1. The number of likely N-dealkylation sites (tertiary alicyclic amines) is 1. The van der Waals surface area contributed by atoms with Gasteiger partial charge in [0.25, 0.3) is 0 Å². The van der Waals surface area contributed by atoms with Gasteiger partial charge in [0.05, 0.1) is 0 Å². The SMILES string of the molecule is CC1CCN(CCC2CCNCC2)CC1C. The van der Waals surface area contributed by atoms with E-state index in [1.54, 1.807) is 0 Å². The molecule has 1 N–H and O–H groups in total. The van der Waals surface area contributed by atoms with Gasteiger partial charge in [-0.3, -0.25) is 0 Å². The zero-order valence-corrected chi connectivity index (χ0v) is 11.0. The first-order valence-electron chi connectivity index (χ1n) is 7.19. The molecule has 2 unspecified atom stereocenters. The largest absolute Gasteiger partial charge is 0.317 e. The lowest BCUT2D eigenvalue weighted by Gasteiger charge is -2.36. The summed E-state index contributed by atoms with van der Waals surface area (Å²) in [6.45, 7) is 11.4. The molecule has 0 aliphatic carbocycles. The molecule has 2 heteroatoms. The molecule has 0 aromatic carbocycles. The van der Waals surface area contributed by atoms with E-state index in [9.17, 15) is 0 Å². The van der Waals surface area contributed by atoms with Gasteiger partial charge in [0.2, 0.25) is 0 Å². The Morgan fingerprint density at radius 1 is 1.06 bits per heavy atom. The molecule has 2 nitrogen and oxygen atoms in total. The third-order valence-electron chi connectivity index (χ3n) is 4.73. The minimum atomic E-state index is 0.904. The standard InChI is InChI=1S/C14H28N2/c1-12-5-9-16(11-13(12)2)10-6-14-3-7-15-8-4-14/h12-15H,3-11H2,1-2H3. The van der Waals surface area contributed by atoms with Crippen LogP contribution in [-0.4, -0.2) is 37.6 Å². The molecule has 0 spiro atoms. The highest BCUT2D eigenvalue weighted by atomic mass is 15.1. The average molecular weight is 224 g/mol. The van der Waals surface area contributed by atoms with Crippen LogP contribution in [0.15, 0.2) is 0 Å². The number of hydrogen-bond donors (Lipinski definition) is 1. The predicted octanol–water partition coefficient (Wildman–Crippen LogP) is 2.35. The maximum atomic E-state index is 3.45. The van der Waals surface area contributed by atoms with Crippen molar-refractivity contribution < 1.29 is 0 Å². The van der Waals surface area contributed by atoms with Gasteiger partial charge in [-0.1, -0.05) is 13.8 Å². The van der Waals surface area contributed by atoms with E-state index in [-0.39, 0.29) is 0 Å². The van der Waals surface area contributed by atoms with Gasteiger partial charge in [-0.05, 0) is 69.6 Å². The molecule has 0 radical (unpaired) electrons. The Kier molecular flexibility index (Phi) is 4.66. The maximum Gasteiger partial charge on any atom is 0.000957 e. The molecule has 2 rings (SSSR count). The summed E-state index contributed by atoms with van der Waals surface area (Å²) in [5.74, 6) is 2.84. The molecule has 2 atom stereocenters. The van der Waals surface area contributed by atoms with Crippen LogP contribution in [0.1, 0.15) is 39.5 Å². The van der Waals surface area contributed by atoms with Gasteiger partial charge in [-0.15, -0.1) is 0 Å². The molecule has 94 valence electrons. The molecular formula is C14H28N2. The molecular weight excluding hydrogens is 196 g/mol. The van der Waals surface area contributed by atoms with E-state index in [1.807, 2.05) is 0 Å². The monoisotopic (exact) mass is 224 g/mol. The van der Waals surface area contributed by atoms with Crippen molar-refractivity contribution >= 4 is 0 Å². The van der Waals surface area contributed by atoms with Gasteiger partial charge in [-0.25, -0.2) is 0 Å². The van der Waals surface area contributed by atoms with Crippen molar-refractivity contribution in [3.8, 4) is 0 Å². The predicted molar refractivity (Wildman–Crippen MR) is 69.6 cm³/mol. The van der Waals surface area contributed by atoms with E-state index in [2.05, 4.69) is 24.1 Å². The molecule has 2 aliphatic rings. The summed E-state index contributed by atoms with van der Waals surface area (Å²) >= 11 is 0. The Morgan fingerprint density at radius 3 is 2.50 bits per heavy atom. The molecule has 2 heterocycles. The lowest BCUT2D eigenvalue weighted by molar-refractivity contribution is 0.128. The van der Waals surface area contributed by atoms with Gasteiger partial charge in [0, 0.05) is 6.54 Å². The lowest BCUT2D eigenvalue weighted by atomic mass is 9.88. The first kappa shape index (κ1) is 12.4. The van der Waals surface area contributed by atoms with E-state index in [1.165, 1.54) is 58.4 Å². The number of piperidine rings is 2. The molecule has 2 aliphatic heterocycles. The van der Waals surface area contributed by atoms with E-state index < -0.39 is 0 Å². The maximum absolute atomic E-state index is 3.45. The highest BCUT2D eigenvalue weighted by Crippen LogP contribution is 2.24. The zero-order chi connectivity index (χ0) is 11.4. The Morgan fingerprint density at radius 2 is 1.81 bits per heavy atom. The highest BCUT2D eigenvalue weighted by Gasteiger charge is 2.23. The first-order chi connectivity index (χ1) is 7.75. The Labute approximate surface area is 101 Å². The molecule has 0 aromatic rings. The molecule has 0 aromatic heterocycles. The number of hydrogen-bond acceptors (Lipinski definition) is 2. The average Bonchev–Trinajstić information content (AvgIpc) is 2.32. The minimum absolute atomic E-state index is 0.904. The van der Waals surface area contributed by atoms with Crippen molar-refractivity contribution in [2.75, 3.05) is 32.7 Å².